The third-order valence-corrected chi connectivity index (χ3v) is 6.68. The number of likely N-dealkylation sites (tertiary alicyclic amines) is 1. The molecule has 2 aromatic rings. The van der Waals surface area contributed by atoms with E-state index >= 15 is 0 Å². The topological polar surface area (TPSA) is 78.9 Å². The van der Waals surface area contributed by atoms with Gasteiger partial charge in [0, 0.05) is 20.1 Å². The lowest BCUT2D eigenvalue weighted by molar-refractivity contribution is -0.127. The van der Waals surface area contributed by atoms with Gasteiger partial charge in [0.1, 0.15) is 5.75 Å². The molecule has 0 bridgehead atoms. The Labute approximate surface area is 185 Å². The van der Waals surface area contributed by atoms with Crippen LogP contribution in [0.3, 0.4) is 0 Å². The Morgan fingerprint density at radius 2 is 1.65 bits per heavy atom. The summed E-state index contributed by atoms with van der Waals surface area (Å²) in [6, 6.07) is 14.9. The van der Waals surface area contributed by atoms with Crippen molar-refractivity contribution in [2.75, 3.05) is 30.7 Å². The van der Waals surface area contributed by atoms with Gasteiger partial charge in [-0.25, -0.2) is 8.42 Å². The lowest BCUT2D eigenvalue weighted by atomic mass is 10.1. The van der Waals surface area contributed by atoms with E-state index in [0.717, 1.165) is 18.4 Å². The number of amides is 1. The molecule has 1 heterocycles. The van der Waals surface area contributed by atoms with Crippen LogP contribution in [0.4, 0.5) is 5.69 Å². The molecule has 168 valence electrons. The van der Waals surface area contributed by atoms with Gasteiger partial charge in [-0.05, 0) is 68.2 Å². The number of rotatable bonds is 9. The van der Waals surface area contributed by atoms with Gasteiger partial charge in [-0.2, -0.15) is 0 Å². The smallest absolute Gasteiger partial charge is 0.261 e. The molecule has 2 aromatic carbocycles. The molecule has 0 unspecified atom stereocenters. The van der Waals surface area contributed by atoms with Crippen LogP contribution in [0.2, 0.25) is 0 Å². The number of nitrogens with zero attached hydrogens (tertiary/aromatic N) is 2. The van der Waals surface area contributed by atoms with Gasteiger partial charge in [0.25, 0.3) is 5.91 Å². The number of benzene rings is 2. The van der Waals surface area contributed by atoms with E-state index in [2.05, 4.69) is 22.3 Å². The Bertz CT molecular complexity index is 969. The standard InChI is InChI=1S/C23H31N3O4S/c1-18(30-22-12-10-21(11-13-22)25(2)31(3,28)29)23(27)24-16-19-6-8-20(9-7-19)17-26-14-4-5-15-26/h6-13,18H,4-5,14-17H2,1-3H3,(H,24,27)/t18-/m1/s1. The largest absolute Gasteiger partial charge is 0.481 e. The van der Waals surface area contributed by atoms with Crippen LogP contribution in [0.25, 0.3) is 0 Å². The fourth-order valence-corrected chi connectivity index (χ4v) is 3.98. The molecule has 1 N–H and O–H groups in total. The number of hydrogen-bond acceptors (Lipinski definition) is 5. The van der Waals surface area contributed by atoms with Gasteiger partial charge >= 0.3 is 0 Å². The van der Waals surface area contributed by atoms with Gasteiger partial charge in [0.2, 0.25) is 10.0 Å². The van der Waals surface area contributed by atoms with Crippen molar-refractivity contribution in [2.45, 2.75) is 39.0 Å². The highest BCUT2D eigenvalue weighted by Gasteiger charge is 2.16. The van der Waals surface area contributed by atoms with Gasteiger partial charge in [0.05, 0.1) is 11.9 Å². The molecular formula is C23H31N3O4S. The van der Waals surface area contributed by atoms with Crippen LogP contribution >= 0.6 is 0 Å². The maximum atomic E-state index is 12.4. The van der Waals surface area contributed by atoms with E-state index in [0.29, 0.717) is 18.0 Å². The molecule has 0 radical (unpaired) electrons. The van der Waals surface area contributed by atoms with Crippen molar-refractivity contribution in [3.05, 3.63) is 59.7 Å². The lowest BCUT2D eigenvalue weighted by Gasteiger charge is -2.18. The van der Waals surface area contributed by atoms with E-state index in [-0.39, 0.29) is 5.91 Å². The van der Waals surface area contributed by atoms with Gasteiger partial charge in [-0.3, -0.25) is 14.0 Å². The maximum absolute atomic E-state index is 12.4. The van der Waals surface area contributed by atoms with Crippen molar-refractivity contribution >= 4 is 21.6 Å². The number of anilines is 1. The van der Waals surface area contributed by atoms with Crippen LogP contribution < -0.4 is 14.4 Å². The first-order valence-corrected chi connectivity index (χ1v) is 12.4. The van der Waals surface area contributed by atoms with Crippen molar-refractivity contribution in [1.29, 1.82) is 0 Å². The number of nitrogens with one attached hydrogen (secondary N) is 1. The van der Waals surface area contributed by atoms with Crippen LogP contribution in [0.15, 0.2) is 48.5 Å². The number of sulfonamides is 1. The molecule has 31 heavy (non-hydrogen) atoms. The molecule has 1 aliphatic heterocycles. The van der Waals surface area contributed by atoms with Crippen LogP contribution in [-0.2, 0) is 27.9 Å². The highest BCUT2D eigenvalue weighted by molar-refractivity contribution is 7.92. The Balaban J connectivity index is 1.47. The Morgan fingerprint density at radius 3 is 2.23 bits per heavy atom. The summed E-state index contributed by atoms with van der Waals surface area (Å²) in [7, 11) is -1.84. The third kappa shape index (κ3) is 6.70. The molecule has 1 atom stereocenters. The van der Waals surface area contributed by atoms with Crippen molar-refractivity contribution in [2.24, 2.45) is 0 Å². The number of carbonyl (C=O) groups excluding carboxylic acids is 1. The number of ether oxygens (including phenoxy) is 1. The molecule has 7 nitrogen and oxygen atoms in total. The van der Waals surface area contributed by atoms with E-state index in [4.69, 9.17) is 4.74 Å². The minimum Gasteiger partial charge on any atom is -0.481 e. The summed E-state index contributed by atoms with van der Waals surface area (Å²) in [5, 5.41) is 2.90. The zero-order valence-electron chi connectivity index (χ0n) is 18.4. The third-order valence-electron chi connectivity index (χ3n) is 5.47. The summed E-state index contributed by atoms with van der Waals surface area (Å²) in [5.74, 6) is 0.290. The molecule has 1 amide bonds. The van der Waals surface area contributed by atoms with Crippen molar-refractivity contribution < 1.29 is 17.9 Å². The molecule has 0 saturated carbocycles. The lowest BCUT2D eigenvalue weighted by Crippen LogP contribution is -2.35. The van der Waals surface area contributed by atoms with Crippen molar-refractivity contribution in [3.63, 3.8) is 0 Å². The molecule has 8 heteroatoms. The van der Waals surface area contributed by atoms with Crippen LogP contribution in [-0.4, -0.2) is 51.7 Å². The summed E-state index contributed by atoms with van der Waals surface area (Å²) in [5.41, 5.74) is 2.86. The van der Waals surface area contributed by atoms with Crippen LogP contribution in [0, 0.1) is 0 Å². The molecule has 0 spiro atoms. The molecule has 1 fully saturated rings. The zero-order valence-corrected chi connectivity index (χ0v) is 19.2. The normalized spacial score (nSPS) is 15.5. The van der Waals surface area contributed by atoms with Gasteiger partial charge < -0.3 is 10.1 Å². The van der Waals surface area contributed by atoms with E-state index in [1.165, 1.54) is 42.8 Å². The maximum Gasteiger partial charge on any atom is 0.261 e. The van der Waals surface area contributed by atoms with E-state index in [1.54, 1.807) is 31.2 Å². The van der Waals surface area contributed by atoms with Crippen LogP contribution in [0.1, 0.15) is 30.9 Å². The molecular weight excluding hydrogens is 414 g/mol. The van der Waals surface area contributed by atoms with Crippen molar-refractivity contribution in [1.82, 2.24) is 10.2 Å². The first-order chi connectivity index (χ1) is 14.7. The average molecular weight is 446 g/mol. The summed E-state index contributed by atoms with van der Waals surface area (Å²) in [6.07, 6.45) is 3.04. The zero-order chi connectivity index (χ0) is 22.4. The predicted molar refractivity (Wildman–Crippen MR) is 123 cm³/mol. The van der Waals surface area contributed by atoms with E-state index in [1.807, 2.05) is 12.1 Å². The Morgan fingerprint density at radius 1 is 1.06 bits per heavy atom. The Hall–Kier alpha value is -2.58. The number of hydrogen-bond donors (Lipinski definition) is 1. The summed E-state index contributed by atoms with van der Waals surface area (Å²) in [6.45, 7) is 5.45. The minimum atomic E-state index is -3.32. The highest BCUT2D eigenvalue weighted by atomic mass is 32.2. The summed E-state index contributed by atoms with van der Waals surface area (Å²) >= 11 is 0. The van der Waals surface area contributed by atoms with Crippen molar-refractivity contribution in [3.8, 4) is 5.75 Å². The van der Waals surface area contributed by atoms with Crippen LogP contribution in [0.5, 0.6) is 5.75 Å². The minimum absolute atomic E-state index is 0.210. The van der Waals surface area contributed by atoms with E-state index in [9.17, 15) is 13.2 Å². The molecule has 3 rings (SSSR count). The second-order valence-electron chi connectivity index (χ2n) is 8.00. The fraction of sp³-hybridized carbons (Fsp3) is 0.435. The molecule has 1 saturated heterocycles. The quantitative estimate of drug-likeness (QED) is 0.642. The van der Waals surface area contributed by atoms with Gasteiger partial charge in [-0.15, -0.1) is 0 Å². The molecule has 0 aliphatic carbocycles. The fourth-order valence-electron chi connectivity index (χ4n) is 3.48. The Kier molecular flexibility index (Phi) is 7.56. The SMILES string of the molecule is C[C@@H](Oc1ccc(N(C)S(C)(=O)=O)cc1)C(=O)NCc1ccc(CN2CCCC2)cc1. The molecule has 1 aliphatic rings. The summed E-state index contributed by atoms with van der Waals surface area (Å²) < 4.78 is 30.1. The second kappa shape index (κ2) is 10.2. The highest BCUT2D eigenvalue weighted by Crippen LogP contribution is 2.21. The number of carbonyl (C=O) groups is 1. The van der Waals surface area contributed by atoms with E-state index < -0.39 is 16.1 Å². The van der Waals surface area contributed by atoms with Gasteiger partial charge in [-0.1, -0.05) is 24.3 Å². The monoisotopic (exact) mass is 445 g/mol. The van der Waals surface area contributed by atoms with Gasteiger partial charge in [0.15, 0.2) is 6.10 Å². The summed E-state index contributed by atoms with van der Waals surface area (Å²) in [4.78, 5) is 14.9. The second-order valence-corrected chi connectivity index (χ2v) is 10.0. The first-order valence-electron chi connectivity index (χ1n) is 10.5. The predicted octanol–water partition coefficient (Wildman–Crippen LogP) is 2.76. The average Bonchev–Trinajstić information content (AvgIpc) is 3.25. The molecule has 0 aromatic heterocycles. The first kappa shape index (κ1) is 23.1.